The van der Waals surface area contributed by atoms with Crippen LogP contribution in [-0.4, -0.2) is 47.8 Å². The van der Waals surface area contributed by atoms with Crippen LogP contribution in [0.2, 0.25) is 0 Å². The molecule has 0 N–H and O–H groups in total. The van der Waals surface area contributed by atoms with Crippen LogP contribution in [0.4, 0.5) is 0 Å². The Morgan fingerprint density at radius 2 is 0.157 bits per heavy atom. The standard InChI is InChI=1S/4C28H56O2.Sn/c4*1-2-3-4-5-6-7-8-9-10-11-12-13-14-15-16-17-18-19-20-21-22-23-24-25-26-27-28(29)30;/h4*2-27H2,1H3,(H,29,30);/q;;;;+4/p-4. The minimum atomic E-state index is -0.899. The molecule has 0 spiro atoms. The maximum atomic E-state index is 10.3. The third kappa shape index (κ3) is 142. The van der Waals surface area contributed by atoms with Gasteiger partial charge in [-0.2, -0.15) is 0 Å². The van der Waals surface area contributed by atoms with Gasteiger partial charge in [-0.05, 0) is 51.4 Å². The second kappa shape index (κ2) is 125. The van der Waals surface area contributed by atoms with Crippen molar-refractivity contribution in [1.82, 2.24) is 0 Å². The zero-order valence-electron chi connectivity index (χ0n) is 83.3. The Balaban J connectivity index is -0.000000493. The van der Waals surface area contributed by atoms with Crippen LogP contribution in [-0.2, 0) is 19.2 Å². The topological polar surface area (TPSA) is 161 Å². The van der Waals surface area contributed by atoms with E-state index in [1.54, 1.807) is 0 Å². The molecule has 0 aliphatic rings. The summed E-state index contributed by atoms with van der Waals surface area (Å²) in [5, 5.41) is 41.3. The number of rotatable bonds is 104. The van der Waals surface area contributed by atoms with Crippen molar-refractivity contribution in [3.05, 3.63) is 0 Å². The summed E-state index contributed by atoms with van der Waals surface area (Å²) in [6, 6.07) is 0. The van der Waals surface area contributed by atoms with Crippen LogP contribution in [0.15, 0.2) is 0 Å². The largest absolute Gasteiger partial charge is 4.00 e. The van der Waals surface area contributed by atoms with E-state index in [-0.39, 0.29) is 49.6 Å². The van der Waals surface area contributed by atoms with Crippen LogP contribution < -0.4 is 20.4 Å². The first-order chi connectivity index (χ1) is 59.1. The Morgan fingerprint density at radius 1 is 0.107 bits per heavy atom. The normalized spacial score (nSPS) is 11.1. The zero-order chi connectivity index (χ0) is 87.8. The number of unbranched alkanes of at least 4 members (excludes halogenated alkanes) is 96. The molecular formula is C112H220O8Sn. The number of aliphatic carboxylic acids is 4. The van der Waals surface area contributed by atoms with E-state index in [1.165, 1.54) is 591 Å². The first-order valence-corrected chi connectivity index (χ1v) is 55.9. The molecule has 8 nitrogen and oxygen atoms in total. The molecule has 0 unspecified atom stereocenters. The molecule has 0 aliphatic heterocycles. The molecule has 0 saturated heterocycles. The molecular weight excluding hydrogens is 1590 g/mol. The maximum Gasteiger partial charge on any atom is 4.00 e. The molecule has 0 bridgehead atoms. The van der Waals surface area contributed by atoms with E-state index < -0.39 is 23.9 Å². The molecule has 9 heteroatoms. The Labute approximate surface area is 777 Å². The van der Waals surface area contributed by atoms with Gasteiger partial charge in [-0.15, -0.1) is 0 Å². The predicted molar refractivity (Wildman–Crippen MR) is 529 cm³/mol. The van der Waals surface area contributed by atoms with E-state index in [4.69, 9.17) is 0 Å². The number of hydrogen-bond acceptors (Lipinski definition) is 8. The number of carbonyl (C=O) groups is 4. The number of hydrogen-bond donors (Lipinski definition) is 0. The molecule has 0 amide bonds. The molecule has 0 radical (unpaired) electrons. The summed E-state index contributed by atoms with van der Waals surface area (Å²) in [7, 11) is 0. The molecule has 0 atom stereocenters. The van der Waals surface area contributed by atoms with Crippen LogP contribution in [0.25, 0.3) is 0 Å². The first-order valence-electron chi connectivity index (χ1n) is 55.9. The average Bonchev–Trinajstić information content (AvgIpc) is 1.28. The molecule has 0 aromatic carbocycles. The molecule has 0 aliphatic carbocycles. The average molecular weight is 1810 g/mol. The van der Waals surface area contributed by atoms with Crippen molar-refractivity contribution in [3.8, 4) is 0 Å². The predicted octanol–water partition coefficient (Wildman–Crippen LogP) is 35.2. The Bertz CT molecular complexity index is 1570. The summed E-state index contributed by atoms with van der Waals surface area (Å²) in [4.78, 5) is 41.3. The fourth-order valence-electron chi connectivity index (χ4n) is 17.6. The van der Waals surface area contributed by atoms with Crippen molar-refractivity contribution in [3.63, 3.8) is 0 Å². The fraction of sp³-hybridized carbons (Fsp3) is 0.964. The second-order valence-electron chi connectivity index (χ2n) is 38.4. The molecule has 0 saturated carbocycles. The summed E-state index contributed by atoms with van der Waals surface area (Å²) in [6.45, 7) is 9.17. The second-order valence-corrected chi connectivity index (χ2v) is 38.4. The summed E-state index contributed by atoms with van der Waals surface area (Å²) in [6.07, 6.45) is 139. The molecule has 0 rings (SSSR count). The van der Waals surface area contributed by atoms with Gasteiger partial charge in [-0.3, -0.25) is 0 Å². The summed E-state index contributed by atoms with van der Waals surface area (Å²) >= 11 is 0. The first kappa shape index (κ1) is 128. The molecule has 0 heterocycles. The van der Waals surface area contributed by atoms with Crippen LogP contribution in [0, 0.1) is 0 Å². The maximum absolute atomic E-state index is 10.3. The minimum Gasteiger partial charge on any atom is -0.550 e. The van der Waals surface area contributed by atoms with E-state index in [0.29, 0.717) is 0 Å². The summed E-state index contributed by atoms with van der Waals surface area (Å²) in [5.41, 5.74) is 0. The van der Waals surface area contributed by atoms with Crippen LogP contribution >= 0.6 is 0 Å². The van der Waals surface area contributed by atoms with Gasteiger partial charge in [0.1, 0.15) is 0 Å². The summed E-state index contributed by atoms with van der Waals surface area (Å²) < 4.78 is 0. The fourth-order valence-corrected chi connectivity index (χ4v) is 17.6. The van der Waals surface area contributed by atoms with Gasteiger partial charge < -0.3 is 39.6 Å². The third-order valence-electron chi connectivity index (χ3n) is 25.9. The zero-order valence-corrected chi connectivity index (χ0v) is 86.2. The van der Waals surface area contributed by atoms with Crippen molar-refractivity contribution >= 4 is 47.8 Å². The Morgan fingerprint density at radius 3 is 0.207 bits per heavy atom. The molecule has 0 aromatic rings. The van der Waals surface area contributed by atoms with E-state index in [0.717, 1.165) is 51.4 Å². The molecule has 720 valence electrons. The number of carbonyl (C=O) groups excluding carboxylic acids is 4. The Kier molecular flexibility index (Phi) is 132. The monoisotopic (exact) mass is 1810 g/mol. The van der Waals surface area contributed by atoms with Crippen molar-refractivity contribution < 1.29 is 39.6 Å². The molecule has 0 aromatic heterocycles. The van der Waals surface area contributed by atoms with Crippen molar-refractivity contribution in [2.75, 3.05) is 0 Å². The van der Waals surface area contributed by atoms with Gasteiger partial charge in [-0.25, -0.2) is 0 Å². The SMILES string of the molecule is CCCCCCCCCCCCCCCCCCCCCCCCCCCC(=O)[O-].CCCCCCCCCCCCCCCCCCCCCCCCCCCC(=O)[O-].CCCCCCCCCCCCCCCCCCCCCCCCCCCC(=O)[O-].CCCCCCCCCCCCCCCCCCCCCCCCCCCC(=O)[O-].[Sn+4]. The van der Waals surface area contributed by atoms with Crippen LogP contribution in [0.3, 0.4) is 0 Å². The summed E-state index contributed by atoms with van der Waals surface area (Å²) in [5.74, 6) is -3.60. The van der Waals surface area contributed by atoms with Crippen LogP contribution in [0.5, 0.6) is 0 Å². The van der Waals surface area contributed by atoms with E-state index >= 15 is 0 Å². The van der Waals surface area contributed by atoms with Crippen LogP contribution in [0.1, 0.15) is 695 Å². The van der Waals surface area contributed by atoms with Gasteiger partial charge >= 0.3 is 23.9 Å². The van der Waals surface area contributed by atoms with Gasteiger partial charge in [0.2, 0.25) is 0 Å². The smallest absolute Gasteiger partial charge is 0.550 e. The van der Waals surface area contributed by atoms with E-state index in [1.807, 2.05) is 0 Å². The number of carboxylic acids is 4. The van der Waals surface area contributed by atoms with Gasteiger partial charge in [-0.1, -0.05) is 644 Å². The number of carboxylic acid groups (broad SMARTS) is 4. The van der Waals surface area contributed by atoms with E-state index in [9.17, 15) is 39.6 Å². The van der Waals surface area contributed by atoms with Gasteiger partial charge in [0, 0.05) is 23.9 Å². The van der Waals surface area contributed by atoms with Gasteiger partial charge in [0.15, 0.2) is 0 Å². The van der Waals surface area contributed by atoms with Gasteiger partial charge in [0.05, 0.1) is 0 Å². The quantitative estimate of drug-likeness (QED) is 0.0430. The van der Waals surface area contributed by atoms with Gasteiger partial charge in [0.25, 0.3) is 0 Å². The van der Waals surface area contributed by atoms with Crippen molar-refractivity contribution in [2.24, 2.45) is 0 Å². The Hall–Kier alpha value is -1.32. The van der Waals surface area contributed by atoms with E-state index in [2.05, 4.69) is 27.7 Å². The van der Waals surface area contributed by atoms with Crippen molar-refractivity contribution in [2.45, 2.75) is 695 Å². The molecule has 121 heavy (non-hydrogen) atoms. The minimum absolute atomic E-state index is 0. The third-order valence-corrected chi connectivity index (χ3v) is 25.9. The molecule has 0 fully saturated rings. The van der Waals surface area contributed by atoms with Crippen molar-refractivity contribution in [1.29, 1.82) is 0 Å².